The van der Waals surface area contributed by atoms with E-state index in [-0.39, 0.29) is 23.0 Å². The molecule has 8 nitrogen and oxygen atoms in total. The van der Waals surface area contributed by atoms with Crippen LogP contribution in [-0.4, -0.2) is 56.8 Å². The van der Waals surface area contributed by atoms with Gasteiger partial charge in [0, 0.05) is 24.7 Å². The number of methoxy groups -OCH3 is 1. The van der Waals surface area contributed by atoms with E-state index in [1.54, 1.807) is 15.6 Å². The second kappa shape index (κ2) is 6.99. The molecule has 0 aliphatic carbocycles. The van der Waals surface area contributed by atoms with E-state index in [1.807, 2.05) is 0 Å². The number of aromatic carboxylic acids is 1. The molecule has 146 valence electrons. The van der Waals surface area contributed by atoms with E-state index in [0.717, 1.165) is 0 Å². The van der Waals surface area contributed by atoms with Crippen molar-refractivity contribution in [3.05, 3.63) is 47.7 Å². The summed E-state index contributed by atoms with van der Waals surface area (Å²) >= 11 is 0. The largest absolute Gasteiger partial charge is 0.496 e. The molecular weight excluding hydrogens is 367 g/mol. The number of carboxylic acid groups (broad SMARTS) is 1. The number of likely N-dealkylation sites (tertiary alicyclic amines) is 1. The molecule has 0 spiro atoms. The summed E-state index contributed by atoms with van der Waals surface area (Å²) in [5.41, 5.74) is 0.701. The van der Waals surface area contributed by atoms with Gasteiger partial charge in [-0.05, 0) is 31.0 Å². The fourth-order valence-electron chi connectivity index (χ4n) is 3.60. The first-order valence-electron chi connectivity index (χ1n) is 8.90. The summed E-state index contributed by atoms with van der Waals surface area (Å²) < 4.78 is 20.9. The maximum atomic E-state index is 14.1. The number of fused-ring (bicyclic) bond motifs is 1. The van der Waals surface area contributed by atoms with Crippen LogP contribution in [0.15, 0.2) is 30.6 Å². The SMILES string of the molecule is COc1ccc(F)c2[nH]c(C(=O)N3CCC(n4cc(C(=O)O)cn4)CC3)cc12. The molecule has 1 fully saturated rings. The zero-order chi connectivity index (χ0) is 19.8. The molecule has 1 aromatic carbocycles. The molecule has 0 unspecified atom stereocenters. The lowest BCUT2D eigenvalue weighted by Gasteiger charge is -2.31. The number of benzene rings is 1. The second-order valence-electron chi connectivity index (χ2n) is 6.76. The second-order valence-corrected chi connectivity index (χ2v) is 6.76. The molecule has 3 heterocycles. The number of hydrogen-bond donors (Lipinski definition) is 2. The Morgan fingerprint density at radius 1 is 1.32 bits per heavy atom. The topological polar surface area (TPSA) is 100 Å². The molecule has 2 N–H and O–H groups in total. The minimum Gasteiger partial charge on any atom is -0.496 e. The van der Waals surface area contributed by atoms with Gasteiger partial charge < -0.3 is 19.7 Å². The number of hydrogen-bond acceptors (Lipinski definition) is 4. The Morgan fingerprint density at radius 3 is 2.71 bits per heavy atom. The van der Waals surface area contributed by atoms with Crippen molar-refractivity contribution in [2.45, 2.75) is 18.9 Å². The number of carbonyl (C=O) groups is 2. The van der Waals surface area contributed by atoms with Crippen molar-refractivity contribution in [2.24, 2.45) is 0 Å². The summed E-state index contributed by atoms with van der Waals surface area (Å²) in [5, 5.41) is 13.7. The Labute approximate surface area is 159 Å². The van der Waals surface area contributed by atoms with Gasteiger partial charge in [0.2, 0.25) is 0 Å². The highest BCUT2D eigenvalue weighted by Gasteiger charge is 2.27. The van der Waals surface area contributed by atoms with Gasteiger partial charge in [0.25, 0.3) is 5.91 Å². The minimum absolute atomic E-state index is 0.0393. The Bertz CT molecular complexity index is 1050. The quantitative estimate of drug-likeness (QED) is 0.718. The number of halogens is 1. The van der Waals surface area contributed by atoms with Crippen LogP contribution in [0.3, 0.4) is 0 Å². The fourth-order valence-corrected chi connectivity index (χ4v) is 3.60. The van der Waals surface area contributed by atoms with Crippen molar-refractivity contribution in [1.82, 2.24) is 19.7 Å². The number of H-pyrrole nitrogens is 1. The Kier molecular flexibility index (Phi) is 4.50. The van der Waals surface area contributed by atoms with Crippen LogP contribution in [0, 0.1) is 5.82 Å². The zero-order valence-electron chi connectivity index (χ0n) is 15.2. The first-order valence-corrected chi connectivity index (χ1v) is 8.90. The van der Waals surface area contributed by atoms with Crippen LogP contribution in [0.5, 0.6) is 5.75 Å². The van der Waals surface area contributed by atoms with Crippen LogP contribution in [0.2, 0.25) is 0 Å². The number of ether oxygens (including phenoxy) is 1. The number of rotatable bonds is 4. The van der Waals surface area contributed by atoms with E-state index in [1.165, 1.54) is 31.6 Å². The molecule has 9 heteroatoms. The lowest BCUT2D eigenvalue weighted by molar-refractivity contribution is 0.0684. The Hall–Kier alpha value is -3.36. The third-order valence-electron chi connectivity index (χ3n) is 5.13. The molecular formula is C19H19FN4O4. The van der Waals surface area contributed by atoms with Gasteiger partial charge in [0.1, 0.15) is 17.3 Å². The average Bonchev–Trinajstić information content (AvgIpc) is 3.36. The highest BCUT2D eigenvalue weighted by molar-refractivity contribution is 5.99. The van der Waals surface area contributed by atoms with Crippen molar-refractivity contribution in [3.8, 4) is 5.75 Å². The molecule has 0 saturated carbocycles. The van der Waals surface area contributed by atoms with Crippen LogP contribution in [0.25, 0.3) is 10.9 Å². The number of carboxylic acids is 1. The molecule has 0 radical (unpaired) electrons. The van der Waals surface area contributed by atoms with Gasteiger partial charge in [-0.3, -0.25) is 9.48 Å². The van der Waals surface area contributed by atoms with E-state index < -0.39 is 11.8 Å². The van der Waals surface area contributed by atoms with Crippen LogP contribution in [0.1, 0.15) is 39.7 Å². The normalized spacial score (nSPS) is 15.1. The molecule has 1 aliphatic heterocycles. The van der Waals surface area contributed by atoms with Crippen molar-refractivity contribution in [2.75, 3.05) is 20.2 Å². The predicted octanol–water partition coefficient (Wildman–Crippen LogP) is 2.69. The van der Waals surface area contributed by atoms with Crippen LogP contribution < -0.4 is 4.74 Å². The highest BCUT2D eigenvalue weighted by atomic mass is 19.1. The predicted molar refractivity (Wildman–Crippen MR) is 98.2 cm³/mol. The van der Waals surface area contributed by atoms with E-state index in [4.69, 9.17) is 9.84 Å². The number of aromatic nitrogens is 3. The number of nitrogens with one attached hydrogen (secondary N) is 1. The van der Waals surface area contributed by atoms with Crippen molar-refractivity contribution in [3.63, 3.8) is 0 Å². The molecule has 2 aromatic heterocycles. The number of amides is 1. The molecule has 0 atom stereocenters. The van der Waals surface area contributed by atoms with Gasteiger partial charge >= 0.3 is 5.97 Å². The number of aromatic amines is 1. The molecule has 1 aliphatic rings. The number of piperidine rings is 1. The Balaban J connectivity index is 1.49. The van der Waals surface area contributed by atoms with E-state index in [2.05, 4.69) is 10.1 Å². The monoisotopic (exact) mass is 386 g/mol. The van der Waals surface area contributed by atoms with Gasteiger partial charge in [-0.25, -0.2) is 9.18 Å². The fraction of sp³-hybridized carbons (Fsp3) is 0.316. The van der Waals surface area contributed by atoms with E-state index in [0.29, 0.717) is 42.8 Å². The molecule has 1 amide bonds. The lowest BCUT2D eigenvalue weighted by Crippen LogP contribution is -2.39. The van der Waals surface area contributed by atoms with Crippen LogP contribution in [0.4, 0.5) is 4.39 Å². The molecule has 0 bridgehead atoms. The maximum Gasteiger partial charge on any atom is 0.338 e. The van der Waals surface area contributed by atoms with Crippen molar-refractivity contribution < 1.29 is 23.8 Å². The number of carbonyl (C=O) groups excluding carboxylic acids is 1. The molecule has 3 aromatic rings. The van der Waals surface area contributed by atoms with E-state index in [9.17, 15) is 14.0 Å². The van der Waals surface area contributed by atoms with Gasteiger partial charge in [-0.1, -0.05) is 0 Å². The maximum absolute atomic E-state index is 14.1. The Morgan fingerprint density at radius 2 is 2.07 bits per heavy atom. The van der Waals surface area contributed by atoms with E-state index >= 15 is 0 Å². The summed E-state index contributed by atoms with van der Waals surface area (Å²) in [6.07, 6.45) is 4.15. The van der Waals surface area contributed by atoms with Crippen molar-refractivity contribution >= 4 is 22.8 Å². The molecule has 1 saturated heterocycles. The molecule has 4 rings (SSSR count). The third-order valence-corrected chi connectivity index (χ3v) is 5.13. The molecule has 28 heavy (non-hydrogen) atoms. The summed E-state index contributed by atoms with van der Waals surface area (Å²) in [6.45, 7) is 1.00. The van der Waals surface area contributed by atoms with Crippen LogP contribution >= 0.6 is 0 Å². The summed E-state index contributed by atoms with van der Waals surface area (Å²) in [5.74, 6) is -1.16. The summed E-state index contributed by atoms with van der Waals surface area (Å²) in [4.78, 5) is 28.4. The van der Waals surface area contributed by atoms with Crippen molar-refractivity contribution in [1.29, 1.82) is 0 Å². The zero-order valence-corrected chi connectivity index (χ0v) is 15.2. The highest BCUT2D eigenvalue weighted by Crippen LogP contribution is 2.30. The van der Waals surface area contributed by atoms with Gasteiger partial charge in [-0.2, -0.15) is 5.10 Å². The summed E-state index contributed by atoms with van der Waals surface area (Å²) in [7, 11) is 1.50. The first-order chi connectivity index (χ1) is 13.5. The third kappa shape index (κ3) is 3.08. The van der Waals surface area contributed by atoms with Crippen LogP contribution in [-0.2, 0) is 0 Å². The first kappa shape index (κ1) is 18.0. The summed E-state index contributed by atoms with van der Waals surface area (Å²) in [6, 6.07) is 4.48. The standard InChI is InChI=1S/C19H19FN4O4/c1-28-16-3-2-14(20)17-13(16)8-15(22-17)18(25)23-6-4-12(5-7-23)24-10-11(9-21-24)19(26)27/h2-3,8-10,12,22H,4-7H2,1H3,(H,26,27). The smallest absolute Gasteiger partial charge is 0.338 e. The lowest BCUT2D eigenvalue weighted by atomic mass is 10.0. The average molecular weight is 386 g/mol. The van der Waals surface area contributed by atoms with Gasteiger partial charge in [0.05, 0.1) is 30.4 Å². The minimum atomic E-state index is -1.01. The van der Waals surface area contributed by atoms with Gasteiger partial charge in [-0.15, -0.1) is 0 Å². The van der Waals surface area contributed by atoms with Gasteiger partial charge in [0.15, 0.2) is 0 Å². The number of nitrogens with zero attached hydrogens (tertiary/aromatic N) is 3.